The van der Waals surface area contributed by atoms with Crippen molar-refractivity contribution in [2.45, 2.75) is 59.5 Å². The van der Waals surface area contributed by atoms with Crippen LogP contribution in [0, 0.1) is 13.8 Å². The molecule has 0 fully saturated rings. The molecule has 0 aliphatic carbocycles. The maximum Gasteiger partial charge on any atom is 0.332 e. The van der Waals surface area contributed by atoms with Crippen LogP contribution in [0.2, 0.25) is 0 Å². The highest BCUT2D eigenvalue weighted by atomic mass is 32.1. The number of aromatic nitrogens is 2. The lowest BCUT2D eigenvalue weighted by Crippen LogP contribution is -2.40. The molecule has 0 aliphatic heterocycles. The van der Waals surface area contributed by atoms with Crippen molar-refractivity contribution in [1.29, 1.82) is 0 Å². The van der Waals surface area contributed by atoms with Crippen LogP contribution in [0.5, 0.6) is 0 Å². The van der Waals surface area contributed by atoms with Crippen molar-refractivity contribution in [2.75, 3.05) is 0 Å². The third-order valence-electron chi connectivity index (χ3n) is 6.16. The van der Waals surface area contributed by atoms with Gasteiger partial charge in [0.25, 0.3) is 5.56 Å². The van der Waals surface area contributed by atoms with E-state index in [-0.39, 0.29) is 16.7 Å². The predicted octanol–water partition coefficient (Wildman–Crippen LogP) is 5.43. The first kappa shape index (κ1) is 22.3. The summed E-state index contributed by atoms with van der Waals surface area (Å²) < 4.78 is 3.19. The second-order valence-electron chi connectivity index (χ2n) is 9.47. The third kappa shape index (κ3) is 4.22. The normalized spacial score (nSPS) is 11.9. The monoisotopic (exact) mass is 446 g/mol. The van der Waals surface area contributed by atoms with Crippen LogP contribution in [0.25, 0.3) is 10.2 Å². The summed E-state index contributed by atoms with van der Waals surface area (Å²) in [6, 6.07) is 18.4. The lowest BCUT2D eigenvalue weighted by molar-refractivity contribution is 0.586. The molecule has 4 nitrogen and oxygen atoms in total. The van der Waals surface area contributed by atoms with Gasteiger partial charge in [0.05, 0.1) is 11.9 Å². The summed E-state index contributed by atoms with van der Waals surface area (Å²) in [4.78, 5) is 28.7. The Morgan fingerprint density at radius 3 is 2.12 bits per heavy atom. The van der Waals surface area contributed by atoms with Crippen molar-refractivity contribution in [1.82, 2.24) is 9.13 Å². The van der Waals surface area contributed by atoms with Gasteiger partial charge in [-0.2, -0.15) is 0 Å². The van der Waals surface area contributed by atoms with Gasteiger partial charge >= 0.3 is 5.69 Å². The van der Waals surface area contributed by atoms with Gasteiger partial charge in [-0.15, -0.1) is 11.3 Å². The molecule has 0 amide bonds. The molecule has 0 saturated heterocycles. The maximum absolute atomic E-state index is 13.5. The molecule has 166 valence electrons. The highest BCUT2D eigenvalue weighted by molar-refractivity contribution is 7.18. The average Bonchev–Trinajstić information content (AvgIpc) is 3.06. The average molecular weight is 447 g/mol. The molecular formula is C27H30N2O2S. The van der Waals surface area contributed by atoms with Gasteiger partial charge in [-0.05, 0) is 47.9 Å². The molecule has 2 aromatic heterocycles. The fourth-order valence-electron chi connectivity index (χ4n) is 4.02. The summed E-state index contributed by atoms with van der Waals surface area (Å²) in [7, 11) is 0. The van der Waals surface area contributed by atoms with Crippen LogP contribution in [-0.4, -0.2) is 9.13 Å². The molecular weight excluding hydrogens is 416 g/mol. The van der Waals surface area contributed by atoms with Crippen molar-refractivity contribution >= 4 is 21.6 Å². The van der Waals surface area contributed by atoms with Crippen LogP contribution in [-0.2, 0) is 24.9 Å². The topological polar surface area (TPSA) is 44.0 Å². The van der Waals surface area contributed by atoms with E-state index < -0.39 is 0 Å². The smallest absolute Gasteiger partial charge is 0.280 e. The highest BCUT2D eigenvalue weighted by Crippen LogP contribution is 2.28. The molecule has 2 aromatic carbocycles. The molecule has 0 atom stereocenters. The molecule has 0 spiro atoms. The number of rotatable bonds is 5. The summed E-state index contributed by atoms with van der Waals surface area (Å²) in [5, 5.41) is 0.673. The molecule has 0 bridgehead atoms. The van der Waals surface area contributed by atoms with Gasteiger partial charge in [-0.25, -0.2) is 4.79 Å². The van der Waals surface area contributed by atoms with Crippen molar-refractivity contribution in [2.24, 2.45) is 0 Å². The molecule has 4 rings (SSSR count). The lowest BCUT2D eigenvalue weighted by Gasteiger charge is -2.19. The standard InChI is InChI=1S/C27H30N2O2S/c1-18-19(2)32-25-23(18)24(30)28(16-15-20-9-7-6-8-10-20)26(31)29(25)17-21-11-13-22(14-12-21)27(3,4)5/h6-14H,15-17H2,1-5H3. The van der Waals surface area contributed by atoms with Crippen molar-refractivity contribution in [3.63, 3.8) is 0 Å². The van der Waals surface area contributed by atoms with E-state index in [0.29, 0.717) is 24.9 Å². The van der Waals surface area contributed by atoms with Crippen LogP contribution in [0.4, 0.5) is 0 Å². The second-order valence-corrected chi connectivity index (χ2v) is 10.7. The van der Waals surface area contributed by atoms with Gasteiger partial charge in [-0.3, -0.25) is 13.9 Å². The molecule has 0 radical (unpaired) electrons. The first-order valence-corrected chi connectivity index (χ1v) is 11.8. The van der Waals surface area contributed by atoms with E-state index >= 15 is 0 Å². The number of benzene rings is 2. The highest BCUT2D eigenvalue weighted by Gasteiger charge is 2.19. The lowest BCUT2D eigenvalue weighted by atomic mass is 9.87. The first-order valence-electron chi connectivity index (χ1n) is 11.0. The van der Waals surface area contributed by atoms with Gasteiger partial charge in [0.2, 0.25) is 0 Å². The number of thiophene rings is 1. The van der Waals surface area contributed by atoms with Gasteiger partial charge in [0, 0.05) is 11.4 Å². The predicted molar refractivity (Wildman–Crippen MR) is 134 cm³/mol. The number of hydrogen-bond donors (Lipinski definition) is 0. The Morgan fingerprint density at radius 1 is 0.844 bits per heavy atom. The Labute approximate surface area is 192 Å². The molecule has 2 heterocycles. The minimum atomic E-state index is -0.237. The minimum absolute atomic E-state index is 0.0786. The van der Waals surface area contributed by atoms with E-state index in [9.17, 15) is 9.59 Å². The maximum atomic E-state index is 13.5. The SMILES string of the molecule is Cc1sc2c(c1C)c(=O)n(CCc1ccccc1)c(=O)n2Cc1ccc(C(C)(C)C)cc1. The van der Waals surface area contributed by atoms with Crippen molar-refractivity contribution in [3.05, 3.63) is 103 Å². The molecule has 4 aromatic rings. The van der Waals surface area contributed by atoms with Gasteiger partial charge in [-0.1, -0.05) is 75.4 Å². The number of fused-ring (bicyclic) bond motifs is 1. The van der Waals surface area contributed by atoms with E-state index in [1.54, 1.807) is 4.57 Å². The van der Waals surface area contributed by atoms with Crippen molar-refractivity contribution in [3.8, 4) is 0 Å². The Morgan fingerprint density at radius 2 is 1.50 bits per heavy atom. The summed E-state index contributed by atoms with van der Waals surface area (Å²) >= 11 is 1.53. The van der Waals surface area contributed by atoms with E-state index in [2.05, 4.69) is 45.0 Å². The zero-order valence-corrected chi connectivity index (χ0v) is 20.3. The second kappa shape index (κ2) is 8.55. The van der Waals surface area contributed by atoms with Gasteiger partial charge < -0.3 is 0 Å². The molecule has 0 saturated carbocycles. The molecule has 0 aliphatic rings. The number of aryl methyl sites for hydroxylation is 3. The van der Waals surface area contributed by atoms with Crippen LogP contribution in [0.15, 0.2) is 64.2 Å². The van der Waals surface area contributed by atoms with E-state index in [4.69, 9.17) is 0 Å². The first-order chi connectivity index (χ1) is 15.2. The molecule has 5 heteroatoms. The molecule has 0 N–H and O–H groups in total. The zero-order valence-electron chi connectivity index (χ0n) is 19.4. The summed E-state index contributed by atoms with van der Waals surface area (Å²) in [5.41, 5.74) is 4.06. The Hall–Kier alpha value is -2.92. The Balaban J connectivity index is 1.80. The summed E-state index contributed by atoms with van der Waals surface area (Å²) in [5.74, 6) is 0. The fraction of sp³-hybridized carbons (Fsp3) is 0.333. The van der Waals surface area contributed by atoms with E-state index in [0.717, 1.165) is 26.4 Å². The zero-order chi connectivity index (χ0) is 23.0. The Kier molecular flexibility index (Phi) is 5.95. The minimum Gasteiger partial charge on any atom is -0.280 e. The number of hydrogen-bond acceptors (Lipinski definition) is 3. The van der Waals surface area contributed by atoms with Gasteiger partial charge in [0.15, 0.2) is 0 Å². The largest absolute Gasteiger partial charge is 0.332 e. The summed E-state index contributed by atoms with van der Waals surface area (Å²) in [6.07, 6.45) is 0.643. The summed E-state index contributed by atoms with van der Waals surface area (Å²) in [6.45, 7) is 11.4. The molecule has 0 unspecified atom stereocenters. The van der Waals surface area contributed by atoms with Crippen LogP contribution >= 0.6 is 11.3 Å². The quantitative estimate of drug-likeness (QED) is 0.410. The van der Waals surface area contributed by atoms with E-state index in [1.165, 1.54) is 21.5 Å². The van der Waals surface area contributed by atoms with E-state index in [1.807, 2.05) is 44.2 Å². The van der Waals surface area contributed by atoms with Crippen molar-refractivity contribution < 1.29 is 0 Å². The van der Waals surface area contributed by atoms with Crippen LogP contribution in [0.3, 0.4) is 0 Å². The third-order valence-corrected chi connectivity index (χ3v) is 7.39. The Bertz CT molecular complexity index is 1370. The van der Waals surface area contributed by atoms with Gasteiger partial charge in [0.1, 0.15) is 4.83 Å². The van der Waals surface area contributed by atoms with Crippen LogP contribution < -0.4 is 11.2 Å². The number of nitrogens with zero attached hydrogens (tertiary/aromatic N) is 2. The fourth-order valence-corrected chi connectivity index (χ4v) is 5.16. The molecule has 32 heavy (non-hydrogen) atoms. The van der Waals surface area contributed by atoms with Crippen LogP contribution in [0.1, 0.15) is 47.9 Å².